The zero-order valence-electron chi connectivity index (χ0n) is 19.0. The van der Waals surface area contributed by atoms with E-state index < -0.39 is 0 Å². The van der Waals surface area contributed by atoms with Gasteiger partial charge in [-0.15, -0.1) is 0 Å². The number of piperidine rings is 1. The number of aromatic nitrogens is 2. The van der Waals surface area contributed by atoms with Gasteiger partial charge in [0.05, 0.1) is 11.2 Å². The molecule has 164 valence electrons. The molecule has 2 aromatic heterocycles. The van der Waals surface area contributed by atoms with E-state index >= 15 is 0 Å². The van der Waals surface area contributed by atoms with Gasteiger partial charge in [0.25, 0.3) is 0 Å². The lowest BCUT2D eigenvalue weighted by atomic mass is 10.0. The van der Waals surface area contributed by atoms with Crippen molar-refractivity contribution in [1.29, 1.82) is 0 Å². The largest absolute Gasteiger partial charge is 0.380 e. The number of hydrogen-bond donors (Lipinski definition) is 1. The Morgan fingerprint density at radius 2 is 1.81 bits per heavy atom. The third kappa shape index (κ3) is 4.38. The van der Waals surface area contributed by atoms with Crippen molar-refractivity contribution in [3.05, 3.63) is 54.9 Å². The average Bonchev–Trinajstić information content (AvgIpc) is 3.19. The van der Waals surface area contributed by atoms with E-state index in [-0.39, 0.29) is 6.03 Å². The number of carbonyl (C=O) groups excluding carboxylic acids is 1. The Morgan fingerprint density at radius 3 is 2.52 bits per heavy atom. The summed E-state index contributed by atoms with van der Waals surface area (Å²) in [7, 11) is 0. The van der Waals surface area contributed by atoms with Crippen LogP contribution in [-0.2, 0) is 0 Å². The van der Waals surface area contributed by atoms with Crippen LogP contribution < -0.4 is 10.2 Å². The fourth-order valence-corrected chi connectivity index (χ4v) is 4.60. The van der Waals surface area contributed by atoms with Crippen LogP contribution >= 0.6 is 0 Å². The van der Waals surface area contributed by atoms with Gasteiger partial charge in [-0.25, -0.2) is 9.78 Å². The number of likely N-dealkylation sites (tertiary alicyclic amines) is 1. The van der Waals surface area contributed by atoms with Gasteiger partial charge in [0.1, 0.15) is 0 Å². The second-order valence-corrected chi connectivity index (χ2v) is 8.92. The Bertz CT molecular complexity index is 1030. The number of para-hydroxylation sites is 1. The van der Waals surface area contributed by atoms with Crippen LogP contribution in [0, 0.1) is 0 Å². The highest BCUT2D eigenvalue weighted by molar-refractivity contribution is 5.91. The number of hydrogen-bond acceptors (Lipinski definition) is 4. The van der Waals surface area contributed by atoms with Crippen molar-refractivity contribution < 1.29 is 4.79 Å². The van der Waals surface area contributed by atoms with Gasteiger partial charge < -0.3 is 15.1 Å². The predicted molar refractivity (Wildman–Crippen MR) is 128 cm³/mol. The Labute approximate surface area is 184 Å². The maximum atomic E-state index is 13.2. The van der Waals surface area contributed by atoms with E-state index in [2.05, 4.69) is 44.0 Å². The number of anilines is 2. The van der Waals surface area contributed by atoms with Crippen molar-refractivity contribution in [1.82, 2.24) is 14.5 Å². The number of amides is 1. The summed E-state index contributed by atoms with van der Waals surface area (Å²) in [5.41, 5.74) is 2.04. The summed E-state index contributed by atoms with van der Waals surface area (Å²) in [5.74, 6) is 1.01. The molecule has 0 spiro atoms. The first-order valence-corrected chi connectivity index (χ1v) is 11.3. The molecule has 0 radical (unpaired) electrons. The Kier molecular flexibility index (Phi) is 6.16. The van der Waals surface area contributed by atoms with Crippen LogP contribution in [0.4, 0.5) is 16.3 Å². The number of carbonyl (C=O) groups is 1. The fourth-order valence-electron chi connectivity index (χ4n) is 4.60. The number of benzene rings is 1. The Morgan fingerprint density at radius 1 is 1.06 bits per heavy atom. The van der Waals surface area contributed by atoms with Crippen molar-refractivity contribution >= 4 is 28.4 Å². The monoisotopic (exact) mass is 419 g/mol. The van der Waals surface area contributed by atoms with Crippen molar-refractivity contribution in [2.75, 3.05) is 23.3 Å². The van der Waals surface area contributed by atoms with Crippen LogP contribution in [0.2, 0.25) is 0 Å². The molecule has 31 heavy (non-hydrogen) atoms. The van der Waals surface area contributed by atoms with Crippen molar-refractivity contribution in [2.45, 2.75) is 58.7 Å². The van der Waals surface area contributed by atoms with Gasteiger partial charge in [-0.1, -0.05) is 18.2 Å². The summed E-state index contributed by atoms with van der Waals surface area (Å²) < 4.78 is 1.78. The highest BCUT2D eigenvalue weighted by Crippen LogP contribution is 2.31. The maximum Gasteiger partial charge on any atom is 0.328 e. The van der Waals surface area contributed by atoms with Gasteiger partial charge in [-0.05, 0) is 64.8 Å². The first-order chi connectivity index (χ1) is 15.0. The first-order valence-electron chi connectivity index (χ1n) is 11.3. The normalized spacial score (nSPS) is 15.1. The third-order valence-electron chi connectivity index (χ3n) is 5.97. The van der Waals surface area contributed by atoms with E-state index in [0.717, 1.165) is 48.3 Å². The minimum Gasteiger partial charge on any atom is -0.380 e. The minimum absolute atomic E-state index is 0.0655. The van der Waals surface area contributed by atoms with Crippen molar-refractivity contribution in [3.63, 3.8) is 0 Å². The third-order valence-corrected chi connectivity index (χ3v) is 5.97. The topological polar surface area (TPSA) is 53.4 Å². The second kappa shape index (κ2) is 9.00. The van der Waals surface area contributed by atoms with Gasteiger partial charge >= 0.3 is 6.03 Å². The smallest absolute Gasteiger partial charge is 0.328 e. The molecule has 3 heterocycles. The van der Waals surface area contributed by atoms with Gasteiger partial charge in [0.15, 0.2) is 5.82 Å². The molecule has 1 saturated heterocycles. The molecule has 6 nitrogen and oxygen atoms in total. The summed E-state index contributed by atoms with van der Waals surface area (Å²) in [5, 5.41) is 4.63. The molecule has 1 amide bonds. The van der Waals surface area contributed by atoms with Crippen LogP contribution in [0.3, 0.4) is 0 Å². The molecule has 4 rings (SSSR count). The molecule has 1 fully saturated rings. The van der Waals surface area contributed by atoms with Gasteiger partial charge in [-0.2, -0.15) is 0 Å². The molecule has 1 aromatic carbocycles. The molecular weight excluding hydrogens is 386 g/mol. The summed E-state index contributed by atoms with van der Waals surface area (Å²) in [6, 6.07) is 15.2. The number of fused-ring (bicyclic) bond motifs is 1. The van der Waals surface area contributed by atoms with Crippen LogP contribution in [0.25, 0.3) is 10.9 Å². The van der Waals surface area contributed by atoms with E-state index in [1.54, 1.807) is 4.57 Å². The lowest BCUT2D eigenvalue weighted by Gasteiger charge is -2.42. The summed E-state index contributed by atoms with van der Waals surface area (Å²) in [6.07, 6.45) is 5.62. The molecule has 0 bridgehead atoms. The van der Waals surface area contributed by atoms with Crippen LogP contribution in [0.1, 0.15) is 40.5 Å². The number of pyridine rings is 1. The quantitative estimate of drug-likeness (QED) is 0.617. The molecule has 0 saturated carbocycles. The molecule has 1 aliphatic rings. The highest BCUT2D eigenvalue weighted by atomic mass is 16.2. The molecule has 1 aliphatic heterocycles. The lowest BCUT2D eigenvalue weighted by Crippen LogP contribution is -2.50. The van der Waals surface area contributed by atoms with Gasteiger partial charge in [-0.3, -0.25) is 4.57 Å². The van der Waals surface area contributed by atoms with Crippen molar-refractivity contribution in [2.24, 2.45) is 0 Å². The summed E-state index contributed by atoms with van der Waals surface area (Å²) >= 11 is 0. The highest BCUT2D eigenvalue weighted by Gasteiger charge is 2.31. The average molecular weight is 420 g/mol. The van der Waals surface area contributed by atoms with E-state index in [4.69, 9.17) is 4.98 Å². The Hall–Kier alpha value is -3.02. The van der Waals surface area contributed by atoms with Crippen molar-refractivity contribution in [3.8, 4) is 0 Å². The second-order valence-electron chi connectivity index (χ2n) is 8.92. The minimum atomic E-state index is 0.0655. The lowest BCUT2D eigenvalue weighted by molar-refractivity contribution is 0.182. The summed E-state index contributed by atoms with van der Waals surface area (Å²) in [4.78, 5) is 22.3. The molecule has 0 aliphatic carbocycles. The van der Waals surface area contributed by atoms with Crippen LogP contribution in [0.15, 0.2) is 54.9 Å². The van der Waals surface area contributed by atoms with E-state index in [0.29, 0.717) is 18.1 Å². The molecular formula is C25H33N5O. The predicted octanol–water partition coefficient (Wildman–Crippen LogP) is 5.20. The number of nitrogens with one attached hydrogen (secondary N) is 1. The van der Waals surface area contributed by atoms with E-state index in [1.165, 1.54) is 0 Å². The fraction of sp³-hybridized carbons (Fsp3) is 0.440. The molecule has 0 unspecified atom stereocenters. The Balaban J connectivity index is 1.50. The zero-order valence-corrected chi connectivity index (χ0v) is 19.0. The van der Waals surface area contributed by atoms with Gasteiger partial charge in [0.2, 0.25) is 0 Å². The van der Waals surface area contributed by atoms with Crippen LogP contribution in [-0.4, -0.2) is 51.7 Å². The molecule has 0 atom stereocenters. The standard InChI is InChI=1S/C25H33N5O/c1-18(2)27-22-9-7-14-26-24(22)30(19(3)4)21-12-15-28(16-13-21)25(31)29-17-11-20-8-5-6-10-23(20)29/h5-11,14,17-19,21,27H,12-13,15-16H2,1-4H3. The SMILES string of the molecule is CC(C)Nc1cccnc1N(C(C)C)C1CCN(C(=O)n2ccc3ccccc32)CC1. The molecule has 6 heteroatoms. The molecule has 1 N–H and O–H groups in total. The number of rotatable bonds is 5. The van der Waals surface area contributed by atoms with E-state index in [9.17, 15) is 4.79 Å². The maximum absolute atomic E-state index is 13.2. The van der Waals surface area contributed by atoms with Gasteiger partial charge in [0, 0.05) is 49.0 Å². The number of nitrogens with zero attached hydrogens (tertiary/aromatic N) is 4. The first kappa shape index (κ1) is 21.2. The van der Waals surface area contributed by atoms with E-state index in [1.807, 2.05) is 53.7 Å². The summed E-state index contributed by atoms with van der Waals surface area (Å²) in [6.45, 7) is 10.2. The van der Waals surface area contributed by atoms with Crippen LogP contribution in [0.5, 0.6) is 0 Å². The zero-order chi connectivity index (χ0) is 22.0. The molecule has 3 aromatic rings.